The number of aryl methyl sites for hydroxylation is 1. The fourth-order valence-electron chi connectivity index (χ4n) is 3.85. The van der Waals surface area contributed by atoms with E-state index in [1.54, 1.807) is 34.9 Å². The van der Waals surface area contributed by atoms with Gasteiger partial charge in [0, 0.05) is 30.2 Å². The van der Waals surface area contributed by atoms with Gasteiger partial charge in [0.15, 0.2) is 0 Å². The van der Waals surface area contributed by atoms with Gasteiger partial charge in [-0.15, -0.1) is 0 Å². The summed E-state index contributed by atoms with van der Waals surface area (Å²) in [4.78, 5) is 13.0. The molecule has 0 aliphatic heterocycles. The van der Waals surface area contributed by atoms with Crippen molar-refractivity contribution in [2.24, 2.45) is 7.05 Å². The van der Waals surface area contributed by atoms with Crippen LogP contribution in [0.3, 0.4) is 0 Å². The molecule has 6 nitrogen and oxygen atoms in total. The summed E-state index contributed by atoms with van der Waals surface area (Å²) in [5.74, 6) is -0.191. The van der Waals surface area contributed by atoms with Crippen LogP contribution in [-0.2, 0) is 29.0 Å². The summed E-state index contributed by atoms with van der Waals surface area (Å²) >= 11 is 0. The Labute approximate surface area is 200 Å². The summed E-state index contributed by atoms with van der Waals surface area (Å²) in [5.41, 5.74) is 3.80. The molecule has 1 amide bonds. The second-order valence-electron chi connectivity index (χ2n) is 9.41. The van der Waals surface area contributed by atoms with Gasteiger partial charge in [-0.1, -0.05) is 63.2 Å². The molecule has 0 aliphatic rings. The van der Waals surface area contributed by atoms with E-state index < -0.39 is 10.0 Å². The van der Waals surface area contributed by atoms with Crippen molar-refractivity contribution < 1.29 is 13.2 Å². The number of carbonyl (C=O) groups excluding carboxylic acids is 1. The molecule has 1 heterocycles. The second kappa shape index (κ2) is 8.99. The molecule has 2 N–H and O–H groups in total. The highest BCUT2D eigenvalue weighted by Crippen LogP contribution is 2.26. The van der Waals surface area contributed by atoms with Crippen molar-refractivity contribution in [3.63, 3.8) is 0 Å². The van der Waals surface area contributed by atoms with Gasteiger partial charge in [0.25, 0.3) is 15.9 Å². The number of carbonyl (C=O) groups is 1. The van der Waals surface area contributed by atoms with Crippen LogP contribution in [-0.4, -0.2) is 18.9 Å². The third kappa shape index (κ3) is 4.99. The maximum Gasteiger partial charge on any atom is 0.268 e. The standard InChI is InChI=1S/C27H29N3O3S/c1-27(2,3)21-10-13-23(14-11-21)34(32,33)29-22-12-15-24-20(16-22)17-25(30(24)4)26(31)28-18-19-8-6-5-7-9-19/h5-17,29H,18H2,1-4H3,(H,28,31). The Morgan fingerprint density at radius 3 is 2.24 bits per heavy atom. The maximum absolute atomic E-state index is 12.9. The largest absolute Gasteiger partial charge is 0.347 e. The first-order valence-corrected chi connectivity index (χ1v) is 12.6. The number of amides is 1. The van der Waals surface area contributed by atoms with Crippen LogP contribution < -0.4 is 10.0 Å². The summed E-state index contributed by atoms with van der Waals surface area (Å²) < 4.78 is 30.3. The first kappa shape index (κ1) is 23.6. The Hall–Kier alpha value is -3.58. The molecule has 0 saturated heterocycles. The van der Waals surface area contributed by atoms with Gasteiger partial charge < -0.3 is 9.88 Å². The Bertz CT molecular complexity index is 1430. The van der Waals surface area contributed by atoms with Crippen LogP contribution >= 0.6 is 0 Å². The summed E-state index contributed by atoms with van der Waals surface area (Å²) in [5, 5.41) is 3.71. The Morgan fingerprint density at radius 2 is 1.59 bits per heavy atom. The molecule has 0 atom stereocenters. The van der Waals surface area contributed by atoms with Crippen LogP contribution in [0.5, 0.6) is 0 Å². The van der Waals surface area contributed by atoms with Crippen molar-refractivity contribution in [3.8, 4) is 0 Å². The minimum atomic E-state index is -3.74. The van der Waals surface area contributed by atoms with E-state index in [0.717, 1.165) is 22.0 Å². The highest BCUT2D eigenvalue weighted by atomic mass is 32.2. The van der Waals surface area contributed by atoms with Gasteiger partial charge in [0.2, 0.25) is 0 Å². The fraction of sp³-hybridized carbons (Fsp3) is 0.222. The lowest BCUT2D eigenvalue weighted by Gasteiger charge is -2.19. The zero-order valence-electron chi connectivity index (χ0n) is 19.8. The van der Waals surface area contributed by atoms with E-state index >= 15 is 0 Å². The molecular weight excluding hydrogens is 446 g/mol. The maximum atomic E-state index is 12.9. The quantitative estimate of drug-likeness (QED) is 0.402. The van der Waals surface area contributed by atoms with Crippen molar-refractivity contribution in [1.29, 1.82) is 0 Å². The Morgan fingerprint density at radius 1 is 0.912 bits per heavy atom. The minimum absolute atomic E-state index is 0.0564. The number of fused-ring (bicyclic) bond motifs is 1. The predicted octanol–water partition coefficient (Wildman–Crippen LogP) is 5.21. The molecule has 0 aliphatic carbocycles. The molecule has 0 fully saturated rings. The number of sulfonamides is 1. The first-order chi connectivity index (χ1) is 16.0. The molecule has 3 aromatic carbocycles. The number of rotatable bonds is 6. The number of nitrogens with one attached hydrogen (secondary N) is 2. The van der Waals surface area contributed by atoms with E-state index in [1.165, 1.54) is 0 Å². The van der Waals surface area contributed by atoms with Crippen LogP contribution in [0.15, 0.2) is 83.8 Å². The number of hydrogen-bond acceptors (Lipinski definition) is 3. The molecule has 0 saturated carbocycles. The molecule has 0 radical (unpaired) electrons. The molecule has 4 aromatic rings. The lowest BCUT2D eigenvalue weighted by atomic mass is 9.87. The van der Waals surface area contributed by atoms with Gasteiger partial charge in [-0.2, -0.15) is 0 Å². The lowest BCUT2D eigenvalue weighted by Crippen LogP contribution is -2.24. The average Bonchev–Trinajstić information content (AvgIpc) is 3.13. The smallest absolute Gasteiger partial charge is 0.268 e. The normalized spacial score (nSPS) is 12.0. The van der Waals surface area contributed by atoms with Crippen molar-refractivity contribution in [2.45, 2.75) is 37.6 Å². The van der Waals surface area contributed by atoms with Crippen LogP contribution in [0.2, 0.25) is 0 Å². The molecule has 0 spiro atoms. The van der Waals surface area contributed by atoms with Crippen molar-refractivity contribution in [2.75, 3.05) is 4.72 Å². The number of hydrogen-bond donors (Lipinski definition) is 2. The van der Waals surface area contributed by atoms with Crippen LogP contribution in [0.4, 0.5) is 5.69 Å². The third-order valence-corrected chi connectivity index (χ3v) is 7.25. The number of nitrogens with zero attached hydrogens (tertiary/aromatic N) is 1. The first-order valence-electron chi connectivity index (χ1n) is 11.1. The fourth-order valence-corrected chi connectivity index (χ4v) is 4.90. The summed E-state index contributed by atoms with van der Waals surface area (Å²) in [6.45, 7) is 6.68. The van der Waals surface area contributed by atoms with Crippen molar-refractivity contribution >= 4 is 32.5 Å². The summed E-state index contributed by atoms with van der Waals surface area (Å²) in [6, 6.07) is 23.7. The lowest BCUT2D eigenvalue weighted by molar-refractivity contribution is 0.0943. The van der Waals surface area contributed by atoms with Gasteiger partial charge in [-0.25, -0.2) is 8.42 Å². The zero-order chi connectivity index (χ0) is 24.5. The Balaban J connectivity index is 1.53. The average molecular weight is 476 g/mol. The van der Waals surface area contributed by atoms with Gasteiger partial charge >= 0.3 is 0 Å². The monoisotopic (exact) mass is 475 g/mol. The molecule has 176 valence electrons. The van der Waals surface area contributed by atoms with E-state index in [2.05, 4.69) is 30.8 Å². The molecule has 1 aromatic heterocycles. The highest BCUT2D eigenvalue weighted by Gasteiger charge is 2.19. The van der Waals surface area contributed by atoms with Gasteiger partial charge in [0.05, 0.1) is 4.90 Å². The van der Waals surface area contributed by atoms with E-state index in [0.29, 0.717) is 17.9 Å². The zero-order valence-corrected chi connectivity index (χ0v) is 20.6. The number of anilines is 1. The summed E-state index contributed by atoms with van der Waals surface area (Å²) in [6.07, 6.45) is 0. The van der Waals surface area contributed by atoms with E-state index in [9.17, 15) is 13.2 Å². The van der Waals surface area contributed by atoms with Gasteiger partial charge in [-0.3, -0.25) is 9.52 Å². The molecule has 7 heteroatoms. The Kier molecular flexibility index (Phi) is 6.23. The molecule has 0 unspecified atom stereocenters. The van der Waals surface area contributed by atoms with Gasteiger partial charge in [-0.05, 0) is 52.9 Å². The van der Waals surface area contributed by atoms with Gasteiger partial charge in [0.1, 0.15) is 5.69 Å². The summed E-state index contributed by atoms with van der Waals surface area (Å²) in [7, 11) is -1.92. The van der Waals surface area contributed by atoms with Crippen molar-refractivity contribution in [1.82, 2.24) is 9.88 Å². The third-order valence-electron chi connectivity index (χ3n) is 5.85. The number of benzene rings is 3. The molecule has 34 heavy (non-hydrogen) atoms. The van der Waals surface area contributed by atoms with E-state index in [1.807, 2.05) is 55.6 Å². The minimum Gasteiger partial charge on any atom is -0.347 e. The second-order valence-corrected chi connectivity index (χ2v) is 11.1. The molecule has 0 bridgehead atoms. The topological polar surface area (TPSA) is 80.2 Å². The van der Waals surface area contributed by atoms with Crippen LogP contribution in [0, 0.1) is 0 Å². The van der Waals surface area contributed by atoms with E-state index in [-0.39, 0.29) is 16.2 Å². The van der Waals surface area contributed by atoms with E-state index in [4.69, 9.17) is 0 Å². The predicted molar refractivity (Wildman–Crippen MR) is 136 cm³/mol. The van der Waals surface area contributed by atoms with Crippen molar-refractivity contribution in [3.05, 3.63) is 95.7 Å². The highest BCUT2D eigenvalue weighted by molar-refractivity contribution is 7.92. The van der Waals surface area contributed by atoms with Crippen LogP contribution in [0.1, 0.15) is 42.4 Å². The molecule has 4 rings (SSSR count). The molecular formula is C27H29N3O3S. The van der Waals surface area contributed by atoms with Crippen LogP contribution in [0.25, 0.3) is 10.9 Å². The SMILES string of the molecule is Cn1c(C(=O)NCc2ccccc2)cc2cc(NS(=O)(=O)c3ccc(C(C)(C)C)cc3)ccc21. The number of aromatic nitrogens is 1.